The highest BCUT2D eigenvalue weighted by Crippen LogP contribution is 2.34. The summed E-state index contributed by atoms with van der Waals surface area (Å²) >= 11 is 1.67. The van der Waals surface area contributed by atoms with Crippen LogP contribution in [0.4, 0.5) is 4.39 Å². The Morgan fingerprint density at radius 1 is 1.15 bits per heavy atom. The molecular formula is C21H21FO3S. The summed E-state index contributed by atoms with van der Waals surface area (Å²) < 4.78 is 21.4. The van der Waals surface area contributed by atoms with Crippen LogP contribution < -0.4 is 0 Å². The molecule has 1 fully saturated rings. The first-order valence-electron chi connectivity index (χ1n) is 8.78. The number of rotatable bonds is 3. The molecule has 1 aromatic heterocycles. The summed E-state index contributed by atoms with van der Waals surface area (Å²) in [5.41, 5.74) is 1.45. The largest absolute Gasteiger partial charge is 0.390 e. The zero-order chi connectivity index (χ0) is 18.3. The Kier molecular flexibility index (Phi) is 4.80. The average Bonchev–Trinajstić information content (AvgIpc) is 3.03. The smallest absolute Gasteiger partial charge is 0.126 e. The molecule has 4 unspecified atom stereocenters. The maximum Gasteiger partial charge on any atom is 0.126 e. The number of halogens is 1. The van der Waals surface area contributed by atoms with Crippen LogP contribution in [0.25, 0.3) is 10.1 Å². The van der Waals surface area contributed by atoms with Gasteiger partial charge in [-0.2, -0.15) is 0 Å². The topological polar surface area (TPSA) is 49.7 Å². The second-order valence-electron chi connectivity index (χ2n) is 6.90. The van der Waals surface area contributed by atoms with E-state index in [1.165, 1.54) is 16.2 Å². The summed E-state index contributed by atoms with van der Waals surface area (Å²) in [5.74, 6) is -0.240. The number of aliphatic hydroxyl groups is 2. The highest BCUT2D eigenvalue weighted by Gasteiger charge is 2.34. The quantitative estimate of drug-likeness (QED) is 0.724. The van der Waals surface area contributed by atoms with E-state index in [1.54, 1.807) is 24.3 Å². The Balaban J connectivity index is 1.60. The standard InChI is InChI=1S/C21H21FO3S/c1-12-21(24)18(23)11-19(25-12)13-6-7-17(22)15(8-13)10-16-9-14-4-2-3-5-20(14)26-16/h2-9,12,18-19,21,23-24H,10-11H2,1H3. The van der Waals surface area contributed by atoms with Gasteiger partial charge in [-0.25, -0.2) is 4.39 Å². The molecule has 5 heteroatoms. The predicted molar refractivity (Wildman–Crippen MR) is 101 cm³/mol. The van der Waals surface area contributed by atoms with E-state index in [4.69, 9.17) is 4.74 Å². The minimum Gasteiger partial charge on any atom is -0.390 e. The van der Waals surface area contributed by atoms with E-state index in [1.807, 2.05) is 18.2 Å². The van der Waals surface area contributed by atoms with Gasteiger partial charge in [0.05, 0.1) is 18.3 Å². The summed E-state index contributed by atoms with van der Waals surface area (Å²) in [5, 5.41) is 21.0. The van der Waals surface area contributed by atoms with Crippen molar-refractivity contribution >= 4 is 21.4 Å². The number of thiophene rings is 1. The zero-order valence-corrected chi connectivity index (χ0v) is 15.2. The third-order valence-electron chi connectivity index (χ3n) is 4.99. The number of benzene rings is 2. The molecule has 0 spiro atoms. The van der Waals surface area contributed by atoms with Gasteiger partial charge in [0.2, 0.25) is 0 Å². The van der Waals surface area contributed by atoms with Gasteiger partial charge in [0.25, 0.3) is 0 Å². The molecule has 0 saturated carbocycles. The normalized spacial score (nSPS) is 26.3. The molecule has 0 bridgehead atoms. The molecule has 0 radical (unpaired) electrons. The van der Waals surface area contributed by atoms with Gasteiger partial charge in [-0.05, 0) is 47.7 Å². The van der Waals surface area contributed by atoms with Crippen LogP contribution in [0.1, 0.15) is 35.5 Å². The van der Waals surface area contributed by atoms with Crippen LogP contribution in [0, 0.1) is 5.82 Å². The highest BCUT2D eigenvalue weighted by molar-refractivity contribution is 7.19. The lowest BCUT2D eigenvalue weighted by atomic mass is 9.93. The summed E-state index contributed by atoms with van der Waals surface area (Å²) in [6.07, 6.45) is -1.69. The number of hydrogen-bond donors (Lipinski definition) is 2. The third kappa shape index (κ3) is 3.40. The van der Waals surface area contributed by atoms with E-state index in [0.717, 1.165) is 10.4 Å². The summed E-state index contributed by atoms with van der Waals surface area (Å²) in [6.45, 7) is 1.74. The number of fused-ring (bicyclic) bond motifs is 1. The summed E-state index contributed by atoms with van der Waals surface area (Å²) in [4.78, 5) is 1.11. The van der Waals surface area contributed by atoms with Crippen molar-refractivity contribution in [1.82, 2.24) is 0 Å². The van der Waals surface area contributed by atoms with Gasteiger partial charge in [-0.15, -0.1) is 11.3 Å². The molecule has 2 aromatic carbocycles. The van der Waals surface area contributed by atoms with Gasteiger partial charge >= 0.3 is 0 Å². The lowest BCUT2D eigenvalue weighted by molar-refractivity contribution is -0.163. The lowest BCUT2D eigenvalue weighted by Crippen LogP contribution is -2.43. The van der Waals surface area contributed by atoms with Crippen molar-refractivity contribution in [2.45, 2.75) is 44.2 Å². The SMILES string of the molecule is CC1OC(c2ccc(F)c(Cc3cc4ccccc4s3)c2)CC(O)C1O. The van der Waals surface area contributed by atoms with Crippen LogP contribution in [0.3, 0.4) is 0 Å². The van der Waals surface area contributed by atoms with Crippen molar-refractivity contribution < 1.29 is 19.3 Å². The minimum atomic E-state index is -0.885. The Morgan fingerprint density at radius 3 is 2.73 bits per heavy atom. The molecule has 4 atom stereocenters. The van der Waals surface area contributed by atoms with Gasteiger partial charge in [0.1, 0.15) is 11.9 Å². The monoisotopic (exact) mass is 372 g/mol. The summed E-state index contributed by atoms with van der Waals surface area (Å²) in [6, 6.07) is 15.2. The second kappa shape index (κ2) is 7.08. The zero-order valence-electron chi connectivity index (χ0n) is 14.4. The Hall–Kier alpha value is -1.79. The third-order valence-corrected chi connectivity index (χ3v) is 6.11. The van der Waals surface area contributed by atoms with Gasteiger partial charge in [0.15, 0.2) is 0 Å². The van der Waals surface area contributed by atoms with E-state index in [-0.39, 0.29) is 11.9 Å². The van der Waals surface area contributed by atoms with E-state index in [0.29, 0.717) is 18.4 Å². The first-order valence-corrected chi connectivity index (χ1v) is 9.60. The van der Waals surface area contributed by atoms with Gasteiger partial charge < -0.3 is 14.9 Å². The number of aliphatic hydroxyl groups excluding tert-OH is 2. The first kappa shape index (κ1) is 17.6. The van der Waals surface area contributed by atoms with E-state index in [2.05, 4.69) is 18.2 Å². The molecule has 0 aliphatic carbocycles. The highest BCUT2D eigenvalue weighted by atomic mass is 32.1. The Morgan fingerprint density at radius 2 is 1.96 bits per heavy atom. The molecule has 2 heterocycles. The minimum absolute atomic E-state index is 0.240. The molecule has 3 nitrogen and oxygen atoms in total. The van der Waals surface area contributed by atoms with Crippen LogP contribution in [0.2, 0.25) is 0 Å². The fourth-order valence-corrected chi connectivity index (χ4v) is 4.61. The van der Waals surface area contributed by atoms with E-state index < -0.39 is 18.3 Å². The molecule has 1 saturated heterocycles. The van der Waals surface area contributed by atoms with E-state index >= 15 is 0 Å². The summed E-state index contributed by atoms with van der Waals surface area (Å²) in [7, 11) is 0. The molecule has 4 rings (SSSR count). The molecular weight excluding hydrogens is 351 g/mol. The fourth-order valence-electron chi connectivity index (χ4n) is 3.52. The van der Waals surface area contributed by atoms with Gasteiger partial charge in [0, 0.05) is 22.4 Å². The molecule has 1 aliphatic rings. The van der Waals surface area contributed by atoms with Crippen molar-refractivity contribution in [1.29, 1.82) is 0 Å². The van der Waals surface area contributed by atoms with E-state index in [9.17, 15) is 14.6 Å². The molecule has 2 N–H and O–H groups in total. The number of hydrogen-bond acceptors (Lipinski definition) is 4. The van der Waals surface area contributed by atoms with Crippen LogP contribution >= 0.6 is 11.3 Å². The number of ether oxygens (including phenoxy) is 1. The van der Waals surface area contributed by atoms with Crippen LogP contribution in [0.5, 0.6) is 0 Å². The van der Waals surface area contributed by atoms with Gasteiger partial charge in [-0.1, -0.05) is 24.3 Å². The van der Waals surface area contributed by atoms with Crippen LogP contribution in [-0.4, -0.2) is 28.5 Å². The second-order valence-corrected chi connectivity index (χ2v) is 8.07. The molecule has 1 aliphatic heterocycles. The molecule has 26 heavy (non-hydrogen) atoms. The van der Waals surface area contributed by atoms with Crippen molar-refractivity contribution in [2.75, 3.05) is 0 Å². The average molecular weight is 372 g/mol. The van der Waals surface area contributed by atoms with Crippen molar-refractivity contribution in [3.63, 3.8) is 0 Å². The van der Waals surface area contributed by atoms with Crippen molar-refractivity contribution in [3.8, 4) is 0 Å². The predicted octanol–water partition coefficient (Wildman–Crippen LogP) is 4.20. The molecule has 136 valence electrons. The fraction of sp³-hybridized carbons (Fsp3) is 0.333. The van der Waals surface area contributed by atoms with Crippen molar-refractivity contribution in [2.24, 2.45) is 0 Å². The maximum atomic E-state index is 14.4. The van der Waals surface area contributed by atoms with Gasteiger partial charge in [-0.3, -0.25) is 0 Å². The Labute approximate surface area is 155 Å². The Bertz CT molecular complexity index is 878. The van der Waals surface area contributed by atoms with Crippen molar-refractivity contribution in [3.05, 3.63) is 70.4 Å². The lowest BCUT2D eigenvalue weighted by Gasteiger charge is -2.35. The first-order chi connectivity index (χ1) is 12.5. The van der Waals surface area contributed by atoms with Crippen LogP contribution in [0.15, 0.2) is 48.5 Å². The molecule has 0 amide bonds. The molecule has 3 aromatic rings. The van der Waals surface area contributed by atoms with Crippen LogP contribution in [-0.2, 0) is 11.2 Å². The maximum absolute atomic E-state index is 14.4.